The lowest BCUT2D eigenvalue weighted by atomic mass is 10.2. The zero-order valence-corrected chi connectivity index (χ0v) is 11.3. The third-order valence-corrected chi connectivity index (χ3v) is 3.64. The molecule has 0 unspecified atom stereocenters. The van der Waals surface area contributed by atoms with Gasteiger partial charge in [-0.1, -0.05) is 0 Å². The van der Waals surface area contributed by atoms with Crippen LogP contribution >= 0.6 is 15.9 Å². The van der Waals surface area contributed by atoms with Crippen LogP contribution in [0.4, 0.5) is 8.78 Å². The second-order valence-corrected chi connectivity index (χ2v) is 4.97. The van der Waals surface area contributed by atoms with E-state index in [1.165, 1.54) is 17.0 Å². The Balaban J connectivity index is 2.22. The number of methoxy groups -OCH3 is 1. The number of hydrogen-bond acceptors (Lipinski definition) is 2. The summed E-state index contributed by atoms with van der Waals surface area (Å²) in [6.45, 7) is 0.904. The van der Waals surface area contributed by atoms with E-state index in [4.69, 9.17) is 4.74 Å². The molecule has 1 aliphatic heterocycles. The lowest BCUT2D eigenvalue weighted by Gasteiger charge is -2.16. The van der Waals surface area contributed by atoms with Crippen LogP contribution < -0.4 is 0 Å². The standard InChI is InChI=1S/C12H12BrF2NO2/c1-18-7-4-5-16(6-7)12(17)8-2-3-9(13)11(15)10(8)14/h2-3,7H,4-6H2,1H3/t7-/m1/s1. The number of carbonyl (C=O) groups is 1. The van der Waals surface area contributed by atoms with Gasteiger partial charge in [0.1, 0.15) is 0 Å². The molecular weight excluding hydrogens is 308 g/mol. The van der Waals surface area contributed by atoms with Crippen LogP contribution in [0.3, 0.4) is 0 Å². The largest absolute Gasteiger partial charge is 0.380 e. The molecule has 0 aromatic heterocycles. The molecule has 2 rings (SSSR count). The Bertz CT molecular complexity index is 481. The molecule has 1 fully saturated rings. The summed E-state index contributed by atoms with van der Waals surface area (Å²) in [4.78, 5) is 13.5. The maximum absolute atomic E-state index is 13.7. The van der Waals surface area contributed by atoms with E-state index >= 15 is 0 Å². The van der Waals surface area contributed by atoms with Crippen LogP contribution in [-0.4, -0.2) is 37.1 Å². The van der Waals surface area contributed by atoms with Gasteiger partial charge in [0, 0.05) is 20.2 Å². The minimum Gasteiger partial charge on any atom is -0.380 e. The Labute approximate surface area is 112 Å². The van der Waals surface area contributed by atoms with Crippen LogP contribution in [-0.2, 0) is 4.74 Å². The van der Waals surface area contributed by atoms with Crippen molar-refractivity contribution < 1.29 is 18.3 Å². The quantitative estimate of drug-likeness (QED) is 0.784. The zero-order chi connectivity index (χ0) is 13.3. The molecule has 1 saturated heterocycles. The predicted octanol–water partition coefficient (Wildman–Crippen LogP) is 2.59. The highest BCUT2D eigenvalue weighted by Gasteiger charge is 2.29. The van der Waals surface area contributed by atoms with Gasteiger partial charge in [-0.3, -0.25) is 4.79 Å². The summed E-state index contributed by atoms with van der Waals surface area (Å²) in [5, 5.41) is 0. The zero-order valence-electron chi connectivity index (χ0n) is 9.75. The minimum absolute atomic E-state index is 0.00717. The van der Waals surface area contributed by atoms with Crippen molar-refractivity contribution in [3.8, 4) is 0 Å². The van der Waals surface area contributed by atoms with Crippen LogP contribution in [0.2, 0.25) is 0 Å². The fraction of sp³-hybridized carbons (Fsp3) is 0.417. The van der Waals surface area contributed by atoms with E-state index in [0.717, 1.165) is 0 Å². The lowest BCUT2D eigenvalue weighted by molar-refractivity contribution is 0.0719. The number of nitrogens with zero attached hydrogens (tertiary/aromatic N) is 1. The predicted molar refractivity (Wildman–Crippen MR) is 65.4 cm³/mol. The average molecular weight is 320 g/mol. The highest BCUT2D eigenvalue weighted by Crippen LogP contribution is 2.23. The molecule has 98 valence electrons. The van der Waals surface area contributed by atoms with E-state index < -0.39 is 17.5 Å². The number of amides is 1. The molecule has 1 aromatic carbocycles. The molecule has 0 N–H and O–H groups in total. The fourth-order valence-corrected chi connectivity index (χ4v) is 2.27. The number of ether oxygens (including phenoxy) is 1. The molecule has 18 heavy (non-hydrogen) atoms. The summed E-state index contributed by atoms with van der Waals surface area (Å²) >= 11 is 2.87. The summed E-state index contributed by atoms with van der Waals surface area (Å²) < 4.78 is 32.2. The van der Waals surface area contributed by atoms with Gasteiger partial charge in [0.05, 0.1) is 16.1 Å². The monoisotopic (exact) mass is 319 g/mol. The van der Waals surface area contributed by atoms with E-state index in [0.29, 0.717) is 19.5 Å². The Hall–Kier alpha value is -1.01. The smallest absolute Gasteiger partial charge is 0.257 e. The first kappa shape index (κ1) is 13.4. The van der Waals surface area contributed by atoms with Crippen molar-refractivity contribution in [3.63, 3.8) is 0 Å². The molecule has 0 radical (unpaired) electrons. The van der Waals surface area contributed by atoms with Crippen molar-refractivity contribution in [3.05, 3.63) is 33.8 Å². The second-order valence-electron chi connectivity index (χ2n) is 4.12. The molecule has 1 aliphatic rings. The molecule has 0 saturated carbocycles. The maximum atomic E-state index is 13.7. The van der Waals surface area contributed by atoms with Gasteiger partial charge in [0.15, 0.2) is 11.6 Å². The second kappa shape index (κ2) is 5.32. The maximum Gasteiger partial charge on any atom is 0.257 e. The van der Waals surface area contributed by atoms with Gasteiger partial charge in [-0.15, -0.1) is 0 Å². The van der Waals surface area contributed by atoms with Crippen molar-refractivity contribution in [2.75, 3.05) is 20.2 Å². The molecule has 1 atom stereocenters. The van der Waals surface area contributed by atoms with Crippen LogP contribution in [0, 0.1) is 11.6 Å². The molecule has 1 aromatic rings. The van der Waals surface area contributed by atoms with E-state index in [2.05, 4.69) is 15.9 Å². The molecule has 6 heteroatoms. The van der Waals surface area contributed by atoms with Crippen molar-refractivity contribution in [2.45, 2.75) is 12.5 Å². The number of halogens is 3. The van der Waals surface area contributed by atoms with Gasteiger partial charge in [0.25, 0.3) is 5.91 Å². The molecule has 1 heterocycles. The number of benzene rings is 1. The Kier molecular flexibility index (Phi) is 3.97. The highest BCUT2D eigenvalue weighted by molar-refractivity contribution is 9.10. The van der Waals surface area contributed by atoms with Crippen molar-refractivity contribution in [1.29, 1.82) is 0 Å². The number of rotatable bonds is 2. The first-order valence-corrected chi connectivity index (χ1v) is 6.29. The highest BCUT2D eigenvalue weighted by atomic mass is 79.9. The minimum atomic E-state index is -1.12. The van der Waals surface area contributed by atoms with E-state index in [1.54, 1.807) is 7.11 Å². The first-order chi connectivity index (χ1) is 8.54. The topological polar surface area (TPSA) is 29.5 Å². The first-order valence-electron chi connectivity index (χ1n) is 5.50. The lowest BCUT2D eigenvalue weighted by Crippen LogP contribution is -2.30. The molecule has 0 spiro atoms. The number of hydrogen-bond donors (Lipinski definition) is 0. The Morgan fingerprint density at radius 2 is 2.17 bits per heavy atom. The van der Waals surface area contributed by atoms with Crippen molar-refractivity contribution in [1.82, 2.24) is 4.90 Å². The average Bonchev–Trinajstić information content (AvgIpc) is 2.84. The van der Waals surface area contributed by atoms with Gasteiger partial charge in [-0.05, 0) is 34.5 Å². The van der Waals surface area contributed by atoms with Gasteiger partial charge in [-0.25, -0.2) is 8.78 Å². The van der Waals surface area contributed by atoms with Gasteiger partial charge < -0.3 is 9.64 Å². The van der Waals surface area contributed by atoms with E-state index in [-0.39, 0.29) is 16.1 Å². The molecule has 0 aliphatic carbocycles. The van der Waals surface area contributed by atoms with Gasteiger partial charge >= 0.3 is 0 Å². The Morgan fingerprint density at radius 3 is 2.78 bits per heavy atom. The molecule has 0 bridgehead atoms. The van der Waals surface area contributed by atoms with Gasteiger partial charge in [-0.2, -0.15) is 0 Å². The number of likely N-dealkylation sites (tertiary alicyclic amines) is 1. The SMILES string of the molecule is CO[C@@H]1CCN(C(=O)c2ccc(Br)c(F)c2F)C1. The van der Waals surface area contributed by atoms with Crippen LogP contribution in [0.25, 0.3) is 0 Å². The summed E-state index contributed by atoms with van der Waals surface area (Å²) in [5.41, 5.74) is -0.243. The molecular formula is C12H12BrF2NO2. The van der Waals surface area contributed by atoms with Crippen molar-refractivity contribution >= 4 is 21.8 Å². The van der Waals surface area contributed by atoms with E-state index in [1.807, 2.05) is 0 Å². The molecule has 3 nitrogen and oxygen atoms in total. The third kappa shape index (κ3) is 2.40. The van der Waals surface area contributed by atoms with E-state index in [9.17, 15) is 13.6 Å². The summed E-state index contributed by atoms with van der Waals surface area (Å²) in [5.74, 6) is -2.66. The van der Waals surface area contributed by atoms with Crippen LogP contribution in [0.15, 0.2) is 16.6 Å². The van der Waals surface area contributed by atoms with Gasteiger partial charge in [0.2, 0.25) is 0 Å². The van der Waals surface area contributed by atoms with Crippen molar-refractivity contribution in [2.24, 2.45) is 0 Å². The third-order valence-electron chi connectivity index (χ3n) is 3.03. The Morgan fingerprint density at radius 1 is 1.44 bits per heavy atom. The summed E-state index contributed by atoms with van der Waals surface area (Å²) in [6, 6.07) is 2.61. The molecule has 1 amide bonds. The van der Waals surface area contributed by atoms with Crippen LogP contribution in [0.1, 0.15) is 16.8 Å². The summed E-state index contributed by atoms with van der Waals surface area (Å²) in [6.07, 6.45) is 0.681. The van der Waals surface area contributed by atoms with Crippen LogP contribution in [0.5, 0.6) is 0 Å². The normalized spacial score (nSPS) is 19.3. The number of carbonyl (C=O) groups excluding carboxylic acids is 1. The summed E-state index contributed by atoms with van der Waals surface area (Å²) in [7, 11) is 1.57. The fourth-order valence-electron chi connectivity index (χ4n) is 1.97.